The highest BCUT2D eigenvalue weighted by molar-refractivity contribution is 5.98. The highest BCUT2D eigenvalue weighted by Gasteiger charge is 2.24. The lowest BCUT2D eigenvalue weighted by molar-refractivity contribution is -0.116. The van der Waals surface area contributed by atoms with E-state index in [1.165, 1.54) is 0 Å². The summed E-state index contributed by atoms with van der Waals surface area (Å²) in [7, 11) is 0. The number of rotatable bonds is 7. The Morgan fingerprint density at radius 1 is 0.839 bits per heavy atom. The first-order valence-corrected chi connectivity index (χ1v) is 10.3. The summed E-state index contributed by atoms with van der Waals surface area (Å²) in [5, 5.41) is 2.98. The molecule has 31 heavy (non-hydrogen) atoms. The zero-order chi connectivity index (χ0) is 21.5. The van der Waals surface area contributed by atoms with Crippen LogP contribution in [0.15, 0.2) is 103 Å². The van der Waals surface area contributed by atoms with E-state index in [1.54, 1.807) is 12.3 Å². The van der Waals surface area contributed by atoms with Crippen molar-refractivity contribution in [2.45, 2.75) is 19.4 Å². The first-order chi connectivity index (χ1) is 15.2. The summed E-state index contributed by atoms with van der Waals surface area (Å²) in [6.07, 6.45) is 1.65. The van der Waals surface area contributed by atoms with E-state index in [0.717, 1.165) is 22.3 Å². The predicted molar refractivity (Wildman–Crippen MR) is 123 cm³/mol. The minimum Gasteiger partial charge on any atom is -0.485 e. The first kappa shape index (κ1) is 20.4. The lowest BCUT2D eigenvalue weighted by Gasteiger charge is -2.19. The Bertz CT molecular complexity index is 1100. The van der Waals surface area contributed by atoms with Crippen LogP contribution in [0.1, 0.15) is 28.2 Å². The molecule has 0 saturated heterocycles. The number of amides is 1. The second-order valence-corrected chi connectivity index (χ2v) is 7.31. The van der Waals surface area contributed by atoms with Crippen LogP contribution in [0, 0.1) is 6.92 Å². The summed E-state index contributed by atoms with van der Waals surface area (Å²) >= 11 is 0. The number of hydrogen-bond acceptors (Lipinski definition) is 3. The molecule has 0 spiro atoms. The van der Waals surface area contributed by atoms with Gasteiger partial charge in [-0.05, 0) is 41.3 Å². The van der Waals surface area contributed by atoms with Gasteiger partial charge in [-0.15, -0.1) is 0 Å². The summed E-state index contributed by atoms with van der Waals surface area (Å²) < 4.78 is 6.02. The van der Waals surface area contributed by atoms with Gasteiger partial charge in [0.25, 0.3) is 0 Å². The highest BCUT2D eigenvalue weighted by atomic mass is 16.5. The number of ether oxygens (including phenoxy) is 1. The van der Waals surface area contributed by atoms with Gasteiger partial charge in [0.15, 0.2) is 11.6 Å². The predicted octanol–water partition coefficient (Wildman–Crippen LogP) is 5.74. The monoisotopic (exact) mass is 408 g/mol. The van der Waals surface area contributed by atoms with Crippen molar-refractivity contribution >= 4 is 11.7 Å². The fourth-order valence-corrected chi connectivity index (χ4v) is 3.50. The number of aryl methyl sites for hydroxylation is 1. The number of carbonyl (C=O) groups is 1. The molecule has 154 valence electrons. The molecule has 4 heteroatoms. The Balaban J connectivity index is 1.58. The van der Waals surface area contributed by atoms with E-state index in [1.807, 2.05) is 84.9 Å². The van der Waals surface area contributed by atoms with Gasteiger partial charge in [-0.2, -0.15) is 0 Å². The largest absolute Gasteiger partial charge is 0.485 e. The molecule has 4 aromatic rings. The van der Waals surface area contributed by atoms with Crippen molar-refractivity contribution in [3.63, 3.8) is 0 Å². The van der Waals surface area contributed by atoms with Crippen molar-refractivity contribution < 1.29 is 9.53 Å². The molecule has 0 saturated carbocycles. The third-order valence-electron chi connectivity index (χ3n) is 5.18. The van der Waals surface area contributed by atoms with Gasteiger partial charge in [-0.3, -0.25) is 4.79 Å². The van der Waals surface area contributed by atoms with E-state index in [-0.39, 0.29) is 5.91 Å². The van der Waals surface area contributed by atoms with E-state index in [2.05, 4.69) is 23.3 Å². The van der Waals surface area contributed by atoms with Crippen molar-refractivity contribution in [1.29, 1.82) is 0 Å². The van der Waals surface area contributed by atoms with E-state index >= 15 is 0 Å². The van der Waals surface area contributed by atoms with Crippen molar-refractivity contribution in [1.82, 2.24) is 4.98 Å². The SMILES string of the molecule is Cc1ccccc1COc1cccnc1NC(=O)C(c1ccccc1)c1ccccc1. The maximum atomic E-state index is 13.4. The number of hydrogen-bond donors (Lipinski definition) is 1. The van der Waals surface area contributed by atoms with Crippen molar-refractivity contribution in [3.8, 4) is 5.75 Å². The summed E-state index contributed by atoms with van der Waals surface area (Å²) in [5.41, 5.74) is 4.09. The Hall–Kier alpha value is -3.92. The van der Waals surface area contributed by atoms with Gasteiger partial charge < -0.3 is 10.1 Å². The fourth-order valence-electron chi connectivity index (χ4n) is 3.50. The number of aromatic nitrogens is 1. The fraction of sp³-hybridized carbons (Fsp3) is 0.111. The topological polar surface area (TPSA) is 51.2 Å². The zero-order valence-electron chi connectivity index (χ0n) is 17.4. The molecular formula is C27H24N2O2. The number of carbonyl (C=O) groups excluding carboxylic acids is 1. The molecule has 1 heterocycles. The van der Waals surface area contributed by atoms with Gasteiger partial charge >= 0.3 is 0 Å². The molecule has 0 aliphatic carbocycles. The van der Waals surface area contributed by atoms with Crippen LogP contribution in [0.3, 0.4) is 0 Å². The average Bonchev–Trinajstić information content (AvgIpc) is 2.81. The molecule has 0 aliphatic rings. The van der Waals surface area contributed by atoms with E-state index < -0.39 is 5.92 Å². The van der Waals surface area contributed by atoms with Crippen LogP contribution in [0.4, 0.5) is 5.82 Å². The van der Waals surface area contributed by atoms with Gasteiger partial charge in [0.1, 0.15) is 6.61 Å². The Morgan fingerprint density at radius 2 is 1.45 bits per heavy atom. The van der Waals surface area contributed by atoms with Gasteiger partial charge in [-0.1, -0.05) is 84.9 Å². The molecule has 0 radical (unpaired) electrons. The molecule has 1 N–H and O–H groups in total. The molecular weight excluding hydrogens is 384 g/mol. The number of benzene rings is 3. The normalized spacial score (nSPS) is 10.6. The van der Waals surface area contributed by atoms with Gasteiger partial charge in [-0.25, -0.2) is 4.98 Å². The summed E-state index contributed by atoms with van der Waals surface area (Å²) in [4.78, 5) is 17.8. The average molecular weight is 409 g/mol. The zero-order valence-corrected chi connectivity index (χ0v) is 17.4. The third-order valence-corrected chi connectivity index (χ3v) is 5.18. The van der Waals surface area contributed by atoms with Crippen LogP contribution in [-0.2, 0) is 11.4 Å². The van der Waals surface area contributed by atoms with Gasteiger partial charge in [0.05, 0.1) is 5.92 Å². The van der Waals surface area contributed by atoms with Crippen molar-refractivity contribution in [2.75, 3.05) is 5.32 Å². The quantitative estimate of drug-likeness (QED) is 0.424. The minimum absolute atomic E-state index is 0.156. The maximum Gasteiger partial charge on any atom is 0.237 e. The molecule has 1 amide bonds. The lowest BCUT2D eigenvalue weighted by atomic mass is 9.90. The minimum atomic E-state index is -0.450. The Morgan fingerprint density at radius 3 is 2.10 bits per heavy atom. The maximum absolute atomic E-state index is 13.4. The second-order valence-electron chi connectivity index (χ2n) is 7.31. The van der Waals surface area contributed by atoms with Crippen molar-refractivity contribution in [2.24, 2.45) is 0 Å². The number of nitrogens with one attached hydrogen (secondary N) is 1. The molecule has 4 nitrogen and oxygen atoms in total. The number of pyridine rings is 1. The van der Waals surface area contributed by atoms with Crippen LogP contribution < -0.4 is 10.1 Å². The molecule has 0 atom stereocenters. The second kappa shape index (κ2) is 9.72. The molecule has 4 rings (SSSR count). The Labute approximate surface area is 182 Å². The molecule has 1 aromatic heterocycles. The summed E-state index contributed by atoms with van der Waals surface area (Å²) in [6, 6.07) is 31.2. The first-order valence-electron chi connectivity index (χ1n) is 10.3. The van der Waals surface area contributed by atoms with Gasteiger partial charge in [0, 0.05) is 6.20 Å². The van der Waals surface area contributed by atoms with E-state index in [4.69, 9.17) is 4.74 Å². The van der Waals surface area contributed by atoms with Gasteiger partial charge in [0.2, 0.25) is 5.91 Å². The van der Waals surface area contributed by atoms with E-state index in [9.17, 15) is 4.79 Å². The molecule has 3 aromatic carbocycles. The van der Waals surface area contributed by atoms with E-state index in [0.29, 0.717) is 18.2 Å². The highest BCUT2D eigenvalue weighted by Crippen LogP contribution is 2.29. The van der Waals surface area contributed by atoms with Crippen molar-refractivity contribution in [3.05, 3.63) is 126 Å². The molecule has 0 unspecified atom stereocenters. The van der Waals surface area contributed by atoms with Crippen LogP contribution in [0.5, 0.6) is 5.75 Å². The summed E-state index contributed by atoms with van der Waals surface area (Å²) in [6.45, 7) is 2.46. The number of anilines is 1. The smallest absolute Gasteiger partial charge is 0.237 e. The lowest BCUT2D eigenvalue weighted by Crippen LogP contribution is -2.23. The van der Waals surface area contributed by atoms with Crippen LogP contribution in [0.25, 0.3) is 0 Å². The van der Waals surface area contributed by atoms with Crippen LogP contribution in [-0.4, -0.2) is 10.9 Å². The van der Waals surface area contributed by atoms with Crippen LogP contribution in [0.2, 0.25) is 0 Å². The summed E-state index contributed by atoms with van der Waals surface area (Å²) in [5.74, 6) is 0.349. The molecule has 0 aliphatic heterocycles. The third kappa shape index (κ3) is 4.98. The number of nitrogens with zero attached hydrogens (tertiary/aromatic N) is 1. The standard InChI is InChI=1S/C27H24N2O2/c1-20-11-8-9-16-23(20)19-31-24-17-10-18-28-26(24)29-27(30)25(21-12-4-2-5-13-21)22-14-6-3-7-15-22/h2-18,25H,19H2,1H3,(H,28,29,30). The molecule has 0 fully saturated rings. The molecule has 0 bridgehead atoms. The Kier molecular flexibility index (Phi) is 6.38. The van der Waals surface area contributed by atoms with Crippen LogP contribution >= 0.6 is 0 Å².